The Labute approximate surface area is 119 Å². The Balaban J connectivity index is 2.02. The van der Waals surface area contributed by atoms with E-state index in [1.54, 1.807) is 0 Å². The summed E-state index contributed by atoms with van der Waals surface area (Å²) in [6.07, 6.45) is 6.88. The molecule has 1 heterocycles. The molecule has 5 heteroatoms. The summed E-state index contributed by atoms with van der Waals surface area (Å²) in [5.74, 6) is 0.202. The molecule has 1 saturated carbocycles. The van der Waals surface area contributed by atoms with Crippen LogP contribution in [0.3, 0.4) is 0 Å². The van der Waals surface area contributed by atoms with Crippen molar-refractivity contribution in [2.24, 2.45) is 5.92 Å². The van der Waals surface area contributed by atoms with Crippen LogP contribution in [-0.2, 0) is 9.84 Å². The highest BCUT2D eigenvalue weighted by molar-refractivity contribution is 8.15. The SMILES string of the molecule is CS(=O)(=O)C1(C2CCCCC2)Nc2ccccc2S1. The van der Waals surface area contributed by atoms with Gasteiger partial charge in [0.1, 0.15) is 0 Å². The Morgan fingerprint density at radius 1 is 1.21 bits per heavy atom. The summed E-state index contributed by atoms with van der Waals surface area (Å²) in [7, 11) is -3.18. The number of anilines is 1. The van der Waals surface area contributed by atoms with Gasteiger partial charge in [0, 0.05) is 22.8 Å². The first kappa shape index (κ1) is 13.3. The Kier molecular flexibility index (Phi) is 3.29. The lowest BCUT2D eigenvalue weighted by Gasteiger charge is -2.37. The van der Waals surface area contributed by atoms with Crippen LogP contribution in [0.5, 0.6) is 0 Å². The number of para-hydroxylation sites is 1. The van der Waals surface area contributed by atoms with Gasteiger partial charge in [-0.15, -0.1) is 0 Å². The molecule has 1 aromatic rings. The molecule has 3 nitrogen and oxygen atoms in total. The van der Waals surface area contributed by atoms with E-state index in [-0.39, 0.29) is 5.92 Å². The van der Waals surface area contributed by atoms with E-state index in [0.717, 1.165) is 36.3 Å². The molecule has 104 valence electrons. The summed E-state index contributed by atoms with van der Waals surface area (Å²) in [5.41, 5.74) is 0.962. The Morgan fingerprint density at radius 3 is 2.53 bits per heavy atom. The van der Waals surface area contributed by atoms with Crippen molar-refractivity contribution >= 4 is 27.3 Å². The van der Waals surface area contributed by atoms with Crippen molar-refractivity contribution in [2.75, 3.05) is 11.6 Å². The lowest BCUT2D eigenvalue weighted by atomic mass is 9.88. The second-order valence-corrected chi connectivity index (χ2v) is 9.23. The monoisotopic (exact) mass is 297 g/mol. The second kappa shape index (κ2) is 4.70. The normalized spacial score (nSPS) is 27.8. The summed E-state index contributed by atoms with van der Waals surface area (Å²) >= 11 is 1.50. The van der Waals surface area contributed by atoms with E-state index in [1.807, 2.05) is 24.3 Å². The van der Waals surface area contributed by atoms with Crippen molar-refractivity contribution in [3.8, 4) is 0 Å². The fraction of sp³-hybridized carbons (Fsp3) is 0.571. The van der Waals surface area contributed by atoms with Crippen molar-refractivity contribution < 1.29 is 8.42 Å². The smallest absolute Gasteiger partial charge is 0.194 e. The number of nitrogens with one attached hydrogen (secondary N) is 1. The molecular formula is C14H19NO2S2. The highest BCUT2D eigenvalue weighted by Crippen LogP contribution is 2.54. The van der Waals surface area contributed by atoms with Gasteiger partial charge in [0.05, 0.1) is 0 Å². The molecule has 1 fully saturated rings. The second-order valence-electron chi connectivity index (χ2n) is 5.50. The minimum absolute atomic E-state index is 0.202. The van der Waals surface area contributed by atoms with Crippen LogP contribution < -0.4 is 5.32 Å². The van der Waals surface area contributed by atoms with Crippen molar-refractivity contribution in [1.29, 1.82) is 0 Å². The lowest BCUT2D eigenvalue weighted by molar-refractivity contribution is 0.339. The van der Waals surface area contributed by atoms with Gasteiger partial charge in [0.2, 0.25) is 0 Å². The zero-order valence-corrected chi connectivity index (χ0v) is 12.7. The minimum atomic E-state index is -3.18. The number of hydrogen-bond acceptors (Lipinski definition) is 4. The van der Waals surface area contributed by atoms with E-state index >= 15 is 0 Å². The first-order chi connectivity index (χ1) is 9.03. The standard InChI is InChI=1S/C14H19NO2S2/c1-19(16,17)14(11-7-3-2-4-8-11)15-12-9-5-6-10-13(12)18-14/h5-6,9-11,15H,2-4,7-8H2,1H3. The maximum absolute atomic E-state index is 12.4. The number of rotatable bonds is 2. The van der Waals surface area contributed by atoms with Crippen molar-refractivity contribution in [1.82, 2.24) is 0 Å². The van der Waals surface area contributed by atoms with Crippen LogP contribution in [-0.4, -0.2) is 18.9 Å². The van der Waals surface area contributed by atoms with Crippen LogP contribution in [0.1, 0.15) is 32.1 Å². The highest BCUT2D eigenvalue weighted by Gasteiger charge is 2.52. The first-order valence-electron chi connectivity index (χ1n) is 6.79. The average Bonchev–Trinajstić information content (AvgIpc) is 2.80. The highest BCUT2D eigenvalue weighted by atomic mass is 32.3. The third-order valence-electron chi connectivity index (χ3n) is 4.15. The molecule has 1 N–H and O–H groups in total. The fourth-order valence-corrected chi connectivity index (χ4v) is 6.45. The zero-order valence-electron chi connectivity index (χ0n) is 11.1. The molecule has 0 saturated heterocycles. The third-order valence-corrected chi connectivity index (χ3v) is 8.16. The van der Waals surface area contributed by atoms with Gasteiger partial charge in [0.25, 0.3) is 0 Å². The Morgan fingerprint density at radius 2 is 1.89 bits per heavy atom. The predicted octanol–water partition coefficient (Wildman–Crippen LogP) is 3.48. The van der Waals surface area contributed by atoms with Crippen molar-refractivity contribution in [2.45, 2.75) is 41.2 Å². The molecule has 2 aliphatic rings. The Hall–Kier alpha value is -0.680. The number of thioether (sulfide) groups is 1. The van der Waals surface area contributed by atoms with Crippen molar-refractivity contribution in [3.05, 3.63) is 24.3 Å². The number of fused-ring (bicyclic) bond motifs is 1. The van der Waals surface area contributed by atoms with Gasteiger partial charge in [-0.25, -0.2) is 8.42 Å². The van der Waals surface area contributed by atoms with Gasteiger partial charge in [-0.1, -0.05) is 43.2 Å². The molecule has 1 aliphatic heterocycles. The maximum Gasteiger partial charge on any atom is 0.194 e. The van der Waals surface area contributed by atoms with Crippen LogP contribution in [0.4, 0.5) is 5.69 Å². The topological polar surface area (TPSA) is 46.2 Å². The van der Waals surface area contributed by atoms with E-state index in [0.29, 0.717) is 0 Å². The quantitative estimate of drug-likeness (QED) is 0.908. The van der Waals surface area contributed by atoms with Crippen LogP contribution in [0.25, 0.3) is 0 Å². The largest absolute Gasteiger partial charge is 0.357 e. The van der Waals surface area contributed by atoms with E-state index in [9.17, 15) is 8.42 Å². The van der Waals surface area contributed by atoms with Crippen LogP contribution in [0.2, 0.25) is 0 Å². The lowest BCUT2D eigenvalue weighted by Crippen LogP contribution is -2.47. The van der Waals surface area contributed by atoms with Crippen LogP contribution in [0.15, 0.2) is 29.2 Å². The number of sulfone groups is 1. The molecule has 3 rings (SSSR count). The molecule has 1 aliphatic carbocycles. The Bertz CT molecular complexity index is 552. The fourth-order valence-electron chi connectivity index (χ4n) is 3.17. The molecule has 1 unspecified atom stereocenters. The summed E-state index contributed by atoms with van der Waals surface area (Å²) in [4.78, 5) is 1.05. The zero-order chi connectivity index (χ0) is 13.5. The molecule has 1 atom stereocenters. The van der Waals surface area contributed by atoms with Gasteiger partial charge in [-0.05, 0) is 25.0 Å². The third kappa shape index (κ3) is 2.17. The van der Waals surface area contributed by atoms with Gasteiger partial charge in [-0.3, -0.25) is 0 Å². The molecular weight excluding hydrogens is 278 g/mol. The first-order valence-corrected chi connectivity index (χ1v) is 9.49. The summed E-state index contributed by atoms with van der Waals surface area (Å²) in [6, 6.07) is 7.89. The molecule has 1 aromatic carbocycles. The van der Waals surface area contributed by atoms with Gasteiger partial charge < -0.3 is 5.32 Å². The minimum Gasteiger partial charge on any atom is -0.357 e. The van der Waals surface area contributed by atoms with Crippen LogP contribution in [0, 0.1) is 5.92 Å². The number of hydrogen-bond donors (Lipinski definition) is 1. The van der Waals surface area contributed by atoms with Gasteiger partial charge in [0.15, 0.2) is 14.0 Å². The van der Waals surface area contributed by atoms with Gasteiger partial charge in [-0.2, -0.15) is 0 Å². The van der Waals surface area contributed by atoms with E-state index < -0.39 is 14.0 Å². The molecule has 0 bridgehead atoms. The predicted molar refractivity (Wildman–Crippen MR) is 80.1 cm³/mol. The summed E-state index contributed by atoms with van der Waals surface area (Å²) in [5, 5.41) is 3.33. The molecule has 0 spiro atoms. The van der Waals surface area contributed by atoms with Crippen molar-refractivity contribution in [3.63, 3.8) is 0 Å². The number of benzene rings is 1. The molecule has 0 aromatic heterocycles. The molecule has 0 radical (unpaired) electrons. The van der Waals surface area contributed by atoms with Crippen LogP contribution >= 0.6 is 11.8 Å². The summed E-state index contributed by atoms with van der Waals surface area (Å²) < 4.78 is 24.0. The van der Waals surface area contributed by atoms with Gasteiger partial charge >= 0.3 is 0 Å². The summed E-state index contributed by atoms with van der Waals surface area (Å²) in [6.45, 7) is 0. The molecule has 0 amide bonds. The maximum atomic E-state index is 12.4. The van der Waals surface area contributed by atoms with E-state index in [1.165, 1.54) is 24.4 Å². The molecule has 19 heavy (non-hydrogen) atoms. The van der Waals surface area contributed by atoms with E-state index in [2.05, 4.69) is 5.32 Å². The average molecular weight is 297 g/mol. The van der Waals surface area contributed by atoms with E-state index in [4.69, 9.17) is 0 Å².